The maximum atomic E-state index is 13.1. The van der Waals surface area contributed by atoms with Crippen molar-refractivity contribution < 1.29 is 0 Å². The predicted octanol–water partition coefficient (Wildman–Crippen LogP) is 7.29. The lowest BCUT2D eigenvalue weighted by atomic mass is 9.91. The number of fused-ring (bicyclic) bond motifs is 11. The van der Waals surface area contributed by atoms with Crippen molar-refractivity contribution in [3.63, 3.8) is 0 Å². The van der Waals surface area contributed by atoms with Crippen LogP contribution in [0, 0.1) is 0 Å². The van der Waals surface area contributed by atoms with E-state index >= 15 is 0 Å². The number of rotatable bonds is 0. The number of pyridine rings is 1. The summed E-state index contributed by atoms with van der Waals surface area (Å²) in [6.45, 7) is 0. The molecule has 0 atom stereocenters. The molecule has 0 aliphatic rings. The molecule has 2 heteroatoms. The molecule has 0 unspecified atom stereocenters. The van der Waals surface area contributed by atoms with E-state index in [9.17, 15) is 4.79 Å². The Morgan fingerprint density at radius 3 is 1.61 bits per heavy atom. The van der Waals surface area contributed by atoms with Crippen molar-refractivity contribution in [3.05, 3.63) is 107 Å². The number of nitrogens with one attached hydrogen (secondary N) is 1. The van der Waals surface area contributed by atoms with Crippen LogP contribution in [-0.2, 0) is 0 Å². The summed E-state index contributed by atoms with van der Waals surface area (Å²) < 4.78 is 0. The van der Waals surface area contributed by atoms with Gasteiger partial charge in [-0.1, -0.05) is 84.9 Å². The number of H-pyrrole nitrogens is 1. The summed E-state index contributed by atoms with van der Waals surface area (Å²) in [5.41, 5.74) is 0.832. The van der Waals surface area contributed by atoms with Gasteiger partial charge in [0.25, 0.3) is 5.56 Å². The molecule has 1 N–H and O–H groups in total. The van der Waals surface area contributed by atoms with Crippen molar-refractivity contribution in [2.75, 3.05) is 0 Å². The van der Waals surface area contributed by atoms with E-state index < -0.39 is 0 Å². The first-order valence-corrected chi connectivity index (χ1v) is 10.5. The van der Waals surface area contributed by atoms with Gasteiger partial charge >= 0.3 is 0 Å². The van der Waals surface area contributed by atoms with Gasteiger partial charge in [-0.3, -0.25) is 4.79 Å². The molecular weight excluding hydrogens is 378 g/mol. The molecule has 144 valence electrons. The Morgan fingerprint density at radius 2 is 0.935 bits per heavy atom. The highest BCUT2D eigenvalue weighted by Crippen LogP contribution is 2.39. The van der Waals surface area contributed by atoms with Gasteiger partial charge in [0.1, 0.15) is 0 Å². The first kappa shape index (κ1) is 16.6. The minimum absolute atomic E-state index is 0.0445. The zero-order chi connectivity index (χ0) is 20.5. The molecule has 31 heavy (non-hydrogen) atoms. The minimum Gasteiger partial charge on any atom is -0.321 e. The maximum absolute atomic E-state index is 13.1. The third-order valence-corrected chi connectivity index (χ3v) is 6.56. The molecule has 0 aliphatic heterocycles. The number of hydrogen-bond acceptors (Lipinski definition) is 1. The predicted molar refractivity (Wildman–Crippen MR) is 132 cm³/mol. The Balaban J connectivity index is 1.93. The van der Waals surface area contributed by atoms with E-state index in [1.165, 1.54) is 32.3 Å². The Labute approximate surface area is 177 Å². The molecule has 7 aromatic rings. The number of aromatic amines is 1. The van der Waals surface area contributed by atoms with E-state index in [1.807, 2.05) is 12.1 Å². The molecule has 2 nitrogen and oxygen atoms in total. The maximum Gasteiger partial charge on any atom is 0.256 e. The first-order valence-electron chi connectivity index (χ1n) is 10.5. The molecule has 1 aromatic heterocycles. The van der Waals surface area contributed by atoms with Gasteiger partial charge in [-0.05, 0) is 55.2 Å². The van der Waals surface area contributed by atoms with Gasteiger partial charge in [-0.25, -0.2) is 0 Å². The highest BCUT2D eigenvalue weighted by atomic mass is 16.1. The zero-order valence-corrected chi connectivity index (χ0v) is 16.6. The average Bonchev–Trinajstić information content (AvgIpc) is 2.83. The summed E-state index contributed by atoms with van der Waals surface area (Å²) in [4.78, 5) is 16.3. The summed E-state index contributed by atoms with van der Waals surface area (Å²) in [6.07, 6.45) is 0. The van der Waals surface area contributed by atoms with Crippen molar-refractivity contribution in [3.8, 4) is 0 Å². The van der Waals surface area contributed by atoms with Gasteiger partial charge in [-0.2, -0.15) is 0 Å². The Bertz CT molecular complexity index is 1910. The second-order valence-electron chi connectivity index (χ2n) is 8.20. The number of aromatic nitrogens is 1. The molecule has 0 aliphatic carbocycles. The summed E-state index contributed by atoms with van der Waals surface area (Å²) >= 11 is 0. The monoisotopic (exact) mass is 395 g/mol. The van der Waals surface area contributed by atoms with E-state index in [0.717, 1.165) is 32.4 Å². The van der Waals surface area contributed by atoms with Gasteiger partial charge in [0, 0.05) is 21.7 Å². The lowest BCUT2D eigenvalue weighted by Gasteiger charge is -2.14. The number of benzene rings is 6. The minimum atomic E-state index is -0.0445. The van der Waals surface area contributed by atoms with E-state index in [-0.39, 0.29) is 5.56 Å². The average molecular weight is 395 g/mol. The fourth-order valence-corrected chi connectivity index (χ4v) is 5.20. The van der Waals surface area contributed by atoms with Crippen molar-refractivity contribution >= 4 is 64.8 Å². The second kappa shape index (κ2) is 5.93. The van der Waals surface area contributed by atoms with Crippen molar-refractivity contribution in [1.82, 2.24) is 4.98 Å². The molecule has 0 fully saturated rings. The van der Waals surface area contributed by atoms with E-state index in [1.54, 1.807) is 0 Å². The highest BCUT2D eigenvalue weighted by molar-refractivity contribution is 6.34. The third kappa shape index (κ3) is 2.19. The van der Waals surface area contributed by atoms with Crippen LogP contribution in [0.5, 0.6) is 0 Å². The molecule has 1 heterocycles. The van der Waals surface area contributed by atoms with Gasteiger partial charge in [-0.15, -0.1) is 0 Å². The van der Waals surface area contributed by atoms with Crippen LogP contribution in [0.3, 0.4) is 0 Å². The lowest BCUT2D eigenvalue weighted by molar-refractivity contribution is 1.35. The summed E-state index contributed by atoms with van der Waals surface area (Å²) in [7, 11) is 0. The van der Waals surface area contributed by atoms with Gasteiger partial charge in [0.05, 0.1) is 0 Å². The summed E-state index contributed by atoms with van der Waals surface area (Å²) in [6, 6.07) is 33.8. The lowest BCUT2D eigenvalue weighted by Crippen LogP contribution is -2.06. The van der Waals surface area contributed by atoms with Crippen LogP contribution in [-0.4, -0.2) is 4.98 Å². The third-order valence-electron chi connectivity index (χ3n) is 6.56. The fourth-order valence-electron chi connectivity index (χ4n) is 5.20. The molecule has 0 radical (unpaired) electrons. The SMILES string of the molecule is O=c1[nH]c2ccc3ccc4ccccc4c3c2c2c1ccc1ccc3ccccc3c12. The normalized spacial score (nSPS) is 12.0. The second-order valence-corrected chi connectivity index (χ2v) is 8.20. The zero-order valence-electron chi connectivity index (χ0n) is 16.6. The Kier molecular flexibility index (Phi) is 3.18. The van der Waals surface area contributed by atoms with E-state index in [0.29, 0.717) is 0 Å². The Morgan fingerprint density at radius 1 is 0.419 bits per heavy atom. The van der Waals surface area contributed by atoms with E-state index in [2.05, 4.69) is 89.9 Å². The largest absolute Gasteiger partial charge is 0.321 e. The molecular formula is C29H17NO. The molecule has 0 saturated carbocycles. The van der Waals surface area contributed by atoms with Crippen molar-refractivity contribution in [2.24, 2.45) is 0 Å². The molecule has 0 bridgehead atoms. The van der Waals surface area contributed by atoms with Crippen LogP contribution in [0.1, 0.15) is 0 Å². The first-order chi connectivity index (χ1) is 15.3. The van der Waals surface area contributed by atoms with Gasteiger partial charge < -0.3 is 4.98 Å². The van der Waals surface area contributed by atoms with Crippen LogP contribution in [0.25, 0.3) is 64.8 Å². The van der Waals surface area contributed by atoms with Gasteiger partial charge in [0.15, 0.2) is 0 Å². The topological polar surface area (TPSA) is 32.9 Å². The molecule has 0 spiro atoms. The summed E-state index contributed by atoms with van der Waals surface area (Å²) in [5.74, 6) is 0. The van der Waals surface area contributed by atoms with E-state index in [4.69, 9.17) is 0 Å². The van der Waals surface area contributed by atoms with Crippen LogP contribution < -0.4 is 5.56 Å². The standard InChI is InChI=1S/C29H17NO/c31-29-23-15-13-19-11-9-17-5-1-3-7-21(17)25(19)27(23)28-24(30-29)16-14-20-12-10-18-6-2-4-8-22(18)26(20)28/h1-16H,(H,30,31). The smallest absolute Gasteiger partial charge is 0.256 e. The highest BCUT2D eigenvalue weighted by Gasteiger charge is 2.15. The molecule has 7 rings (SSSR count). The van der Waals surface area contributed by atoms with Crippen LogP contribution in [0.15, 0.2) is 102 Å². The van der Waals surface area contributed by atoms with Crippen LogP contribution >= 0.6 is 0 Å². The Hall–Kier alpha value is -4.17. The molecule has 0 amide bonds. The molecule has 0 saturated heterocycles. The van der Waals surface area contributed by atoms with Crippen LogP contribution in [0.2, 0.25) is 0 Å². The van der Waals surface area contributed by atoms with Crippen molar-refractivity contribution in [1.29, 1.82) is 0 Å². The van der Waals surface area contributed by atoms with Crippen LogP contribution in [0.4, 0.5) is 0 Å². The quantitative estimate of drug-likeness (QED) is 0.269. The molecule has 6 aromatic carbocycles. The fraction of sp³-hybridized carbons (Fsp3) is 0. The van der Waals surface area contributed by atoms with Crippen molar-refractivity contribution in [2.45, 2.75) is 0 Å². The summed E-state index contributed by atoms with van der Waals surface area (Å²) in [5, 5.41) is 12.3. The number of hydrogen-bond donors (Lipinski definition) is 1. The van der Waals surface area contributed by atoms with Gasteiger partial charge in [0.2, 0.25) is 0 Å².